The van der Waals surface area contributed by atoms with Gasteiger partial charge in [0.2, 0.25) is 11.8 Å². The Labute approximate surface area is 107 Å². The summed E-state index contributed by atoms with van der Waals surface area (Å²) in [4.78, 5) is 24.9. The van der Waals surface area contributed by atoms with Gasteiger partial charge >= 0.3 is 0 Å². The molecule has 3 heteroatoms. The number of carbonyl (C=O) groups excluding carboxylic acids is 2. The van der Waals surface area contributed by atoms with Crippen LogP contribution in [0.2, 0.25) is 0 Å². The zero-order valence-electron chi connectivity index (χ0n) is 10.3. The summed E-state index contributed by atoms with van der Waals surface area (Å²) in [6.45, 7) is 3.71. The third kappa shape index (κ3) is 2.67. The van der Waals surface area contributed by atoms with Crippen molar-refractivity contribution in [2.24, 2.45) is 0 Å². The SMILES string of the molecule is C=CC[C@H](Cc1ccccc1)N1C(=O)CCC1=O. The first-order valence-corrected chi connectivity index (χ1v) is 6.22. The minimum absolute atomic E-state index is 0.0530. The van der Waals surface area contributed by atoms with E-state index in [1.54, 1.807) is 6.08 Å². The van der Waals surface area contributed by atoms with Gasteiger partial charge in [0.15, 0.2) is 0 Å². The van der Waals surface area contributed by atoms with Crippen LogP contribution in [-0.4, -0.2) is 22.8 Å². The van der Waals surface area contributed by atoms with Gasteiger partial charge in [-0.15, -0.1) is 6.58 Å². The average Bonchev–Trinajstić information content (AvgIpc) is 2.70. The van der Waals surface area contributed by atoms with Gasteiger partial charge in [0, 0.05) is 18.9 Å². The summed E-state index contributed by atoms with van der Waals surface area (Å²) in [7, 11) is 0. The molecule has 1 saturated heterocycles. The van der Waals surface area contributed by atoms with Crippen LogP contribution in [0.25, 0.3) is 0 Å². The molecule has 0 radical (unpaired) electrons. The summed E-state index contributed by atoms with van der Waals surface area (Å²) < 4.78 is 0. The number of imide groups is 1. The molecule has 0 aliphatic carbocycles. The van der Waals surface area contributed by atoms with Crippen LogP contribution in [0, 0.1) is 0 Å². The number of rotatable bonds is 5. The van der Waals surface area contributed by atoms with Gasteiger partial charge in [0.05, 0.1) is 0 Å². The van der Waals surface area contributed by atoms with Gasteiger partial charge in [-0.1, -0.05) is 36.4 Å². The van der Waals surface area contributed by atoms with E-state index in [-0.39, 0.29) is 17.9 Å². The van der Waals surface area contributed by atoms with Crippen molar-refractivity contribution in [1.82, 2.24) is 4.90 Å². The van der Waals surface area contributed by atoms with Gasteiger partial charge in [-0.3, -0.25) is 14.5 Å². The fourth-order valence-electron chi connectivity index (χ4n) is 2.36. The molecule has 0 aromatic heterocycles. The summed E-state index contributed by atoms with van der Waals surface area (Å²) in [5.41, 5.74) is 1.14. The van der Waals surface area contributed by atoms with Crippen molar-refractivity contribution in [1.29, 1.82) is 0 Å². The third-order valence-corrected chi connectivity index (χ3v) is 3.21. The molecule has 0 bridgehead atoms. The Balaban J connectivity index is 2.15. The molecular weight excluding hydrogens is 226 g/mol. The summed E-state index contributed by atoms with van der Waals surface area (Å²) in [6.07, 6.45) is 3.81. The van der Waals surface area contributed by atoms with Crippen molar-refractivity contribution in [2.45, 2.75) is 31.7 Å². The Kier molecular flexibility index (Phi) is 3.92. The largest absolute Gasteiger partial charge is 0.279 e. The fourth-order valence-corrected chi connectivity index (χ4v) is 2.36. The van der Waals surface area contributed by atoms with E-state index in [9.17, 15) is 9.59 Å². The van der Waals surface area contributed by atoms with E-state index < -0.39 is 0 Å². The van der Waals surface area contributed by atoms with Crippen LogP contribution in [-0.2, 0) is 16.0 Å². The Morgan fingerprint density at radius 1 is 1.17 bits per heavy atom. The molecule has 3 nitrogen and oxygen atoms in total. The van der Waals surface area contributed by atoms with E-state index in [0.29, 0.717) is 25.7 Å². The summed E-state index contributed by atoms with van der Waals surface area (Å²) in [5.74, 6) is -0.106. The first kappa shape index (κ1) is 12.6. The molecular formula is C15H17NO2. The van der Waals surface area contributed by atoms with Crippen LogP contribution in [0.15, 0.2) is 43.0 Å². The minimum Gasteiger partial charge on any atom is -0.279 e. The minimum atomic E-state index is -0.0904. The molecule has 94 valence electrons. The molecule has 1 atom stereocenters. The normalized spacial score (nSPS) is 17.0. The zero-order valence-corrected chi connectivity index (χ0v) is 10.3. The molecule has 0 unspecified atom stereocenters. The fraction of sp³-hybridized carbons (Fsp3) is 0.333. The van der Waals surface area contributed by atoms with E-state index in [1.807, 2.05) is 30.3 Å². The maximum atomic E-state index is 11.8. The van der Waals surface area contributed by atoms with E-state index in [0.717, 1.165) is 5.56 Å². The van der Waals surface area contributed by atoms with Gasteiger partial charge in [-0.25, -0.2) is 0 Å². The Hall–Kier alpha value is -1.90. The molecule has 0 N–H and O–H groups in total. The first-order valence-electron chi connectivity index (χ1n) is 6.22. The number of hydrogen-bond donors (Lipinski definition) is 0. The number of carbonyl (C=O) groups is 2. The molecule has 1 fully saturated rings. The molecule has 1 aliphatic heterocycles. The molecule has 1 aromatic carbocycles. The van der Waals surface area contributed by atoms with Crippen molar-refractivity contribution in [3.8, 4) is 0 Å². The summed E-state index contributed by atoms with van der Waals surface area (Å²) in [5, 5.41) is 0. The van der Waals surface area contributed by atoms with Crippen LogP contribution in [0.5, 0.6) is 0 Å². The maximum Gasteiger partial charge on any atom is 0.229 e. The lowest BCUT2D eigenvalue weighted by Crippen LogP contribution is -2.40. The van der Waals surface area contributed by atoms with Crippen molar-refractivity contribution in [2.75, 3.05) is 0 Å². The smallest absolute Gasteiger partial charge is 0.229 e. The monoisotopic (exact) mass is 243 g/mol. The van der Waals surface area contributed by atoms with Crippen LogP contribution in [0.3, 0.4) is 0 Å². The Morgan fingerprint density at radius 2 is 1.78 bits per heavy atom. The molecule has 1 aromatic rings. The summed E-state index contributed by atoms with van der Waals surface area (Å²) in [6, 6.07) is 9.83. The lowest BCUT2D eigenvalue weighted by Gasteiger charge is -2.25. The maximum absolute atomic E-state index is 11.8. The predicted molar refractivity (Wildman–Crippen MR) is 69.8 cm³/mol. The van der Waals surface area contributed by atoms with Crippen LogP contribution >= 0.6 is 0 Å². The quantitative estimate of drug-likeness (QED) is 0.588. The highest BCUT2D eigenvalue weighted by molar-refractivity contribution is 6.02. The lowest BCUT2D eigenvalue weighted by molar-refractivity contribution is -0.140. The highest BCUT2D eigenvalue weighted by Crippen LogP contribution is 2.20. The van der Waals surface area contributed by atoms with Crippen LogP contribution in [0.4, 0.5) is 0 Å². The standard InChI is InChI=1S/C15H17NO2/c1-2-6-13(11-12-7-4-3-5-8-12)16-14(17)9-10-15(16)18/h2-5,7-8,13H,1,6,9-11H2/t13-/m1/s1. The molecule has 1 heterocycles. The topological polar surface area (TPSA) is 37.4 Å². The van der Waals surface area contributed by atoms with Gasteiger partial charge in [-0.2, -0.15) is 0 Å². The average molecular weight is 243 g/mol. The number of hydrogen-bond acceptors (Lipinski definition) is 2. The molecule has 2 amide bonds. The molecule has 18 heavy (non-hydrogen) atoms. The highest BCUT2D eigenvalue weighted by Gasteiger charge is 2.34. The molecule has 0 spiro atoms. The number of benzene rings is 1. The van der Waals surface area contributed by atoms with E-state index in [2.05, 4.69) is 6.58 Å². The van der Waals surface area contributed by atoms with Crippen LogP contribution in [0.1, 0.15) is 24.8 Å². The zero-order chi connectivity index (χ0) is 13.0. The lowest BCUT2D eigenvalue weighted by atomic mass is 10.0. The Morgan fingerprint density at radius 3 is 2.33 bits per heavy atom. The van der Waals surface area contributed by atoms with Crippen molar-refractivity contribution >= 4 is 11.8 Å². The van der Waals surface area contributed by atoms with E-state index in [1.165, 1.54) is 4.90 Å². The summed E-state index contributed by atoms with van der Waals surface area (Å²) >= 11 is 0. The highest BCUT2D eigenvalue weighted by atomic mass is 16.2. The van der Waals surface area contributed by atoms with E-state index in [4.69, 9.17) is 0 Å². The second kappa shape index (κ2) is 5.63. The number of amides is 2. The Bertz CT molecular complexity index is 437. The number of nitrogens with zero attached hydrogens (tertiary/aromatic N) is 1. The third-order valence-electron chi connectivity index (χ3n) is 3.21. The van der Waals surface area contributed by atoms with Crippen LogP contribution < -0.4 is 0 Å². The van der Waals surface area contributed by atoms with Gasteiger partial charge in [0.25, 0.3) is 0 Å². The number of likely N-dealkylation sites (tertiary alicyclic amines) is 1. The molecule has 0 saturated carbocycles. The van der Waals surface area contributed by atoms with Gasteiger partial charge in [0.1, 0.15) is 0 Å². The van der Waals surface area contributed by atoms with Crippen molar-refractivity contribution in [3.63, 3.8) is 0 Å². The van der Waals surface area contributed by atoms with Crippen molar-refractivity contribution in [3.05, 3.63) is 48.6 Å². The van der Waals surface area contributed by atoms with Crippen molar-refractivity contribution < 1.29 is 9.59 Å². The molecule has 2 rings (SSSR count). The second-order valence-corrected chi connectivity index (χ2v) is 4.53. The first-order chi connectivity index (χ1) is 8.72. The predicted octanol–water partition coefficient (Wildman–Crippen LogP) is 2.32. The van der Waals surface area contributed by atoms with E-state index >= 15 is 0 Å². The second-order valence-electron chi connectivity index (χ2n) is 4.53. The van der Waals surface area contributed by atoms with Gasteiger partial charge in [-0.05, 0) is 18.4 Å². The van der Waals surface area contributed by atoms with Gasteiger partial charge < -0.3 is 0 Å². The molecule has 1 aliphatic rings.